The van der Waals surface area contributed by atoms with E-state index < -0.39 is 27.4 Å². The molecule has 0 N–H and O–H groups in total. The molecule has 1 aliphatic heterocycles. The average molecular weight is 369 g/mol. The monoisotopic (exact) mass is 369 g/mol. The van der Waals surface area contributed by atoms with E-state index in [1.807, 2.05) is 0 Å². The first-order chi connectivity index (χ1) is 11.7. The molecule has 1 aromatic heterocycles. The molecule has 0 amide bonds. The predicted octanol–water partition coefficient (Wildman–Crippen LogP) is 2.65. The van der Waals surface area contributed by atoms with Crippen molar-refractivity contribution < 1.29 is 21.6 Å². The molecule has 132 valence electrons. The number of anilines is 1. The molecular weight excluding hydrogens is 355 g/mol. The summed E-state index contributed by atoms with van der Waals surface area (Å²) in [7, 11) is -4.59. The third kappa shape index (κ3) is 2.88. The van der Waals surface area contributed by atoms with Crippen molar-refractivity contribution in [2.75, 3.05) is 17.7 Å². The molecule has 0 radical (unpaired) electrons. The van der Waals surface area contributed by atoms with Crippen LogP contribution in [0.25, 0.3) is 0 Å². The fourth-order valence-corrected chi connectivity index (χ4v) is 3.67. The van der Waals surface area contributed by atoms with Crippen LogP contribution in [-0.4, -0.2) is 43.1 Å². The highest BCUT2D eigenvalue weighted by Crippen LogP contribution is 2.43. The number of pyridine rings is 1. The number of nitrogens with zero attached hydrogens (tertiary/aromatic N) is 3. The van der Waals surface area contributed by atoms with Crippen molar-refractivity contribution in [1.29, 1.82) is 0 Å². The molecule has 0 saturated heterocycles. The zero-order chi connectivity index (χ0) is 18.3. The summed E-state index contributed by atoms with van der Waals surface area (Å²) >= 11 is 0. The third-order valence-corrected chi connectivity index (χ3v) is 5.61. The minimum atomic E-state index is -5.07. The second kappa shape index (κ2) is 5.83. The largest absolute Gasteiger partial charge is 0.429 e. The van der Waals surface area contributed by atoms with Gasteiger partial charge in [-0.15, -0.1) is 0 Å². The van der Waals surface area contributed by atoms with Crippen LogP contribution in [0.2, 0.25) is 0 Å². The summed E-state index contributed by atoms with van der Waals surface area (Å²) in [4.78, 5) is 5.69. The van der Waals surface area contributed by atoms with Gasteiger partial charge in [-0.1, -0.05) is 24.3 Å². The van der Waals surface area contributed by atoms with Gasteiger partial charge < -0.3 is 4.90 Å². The van der Waals surface area contributed by atoms with E-state index >= 15 is 0 Å². The lowest BCUT2D eigenvalue weighted by Crippen LogP contribution is -2.53. The molecule has 0 spiro atoms. The summed E-state index contributed by atoms with van der Waals surface area (Å²) in [5.74, 6) is -0.130. The van der Waals surface area contributed by atoms with E-state index in [4.69, 9.17) is 0 Å². The Morgan fingerprint density at radius 1 is 1.08 bits per heavy atom. The van der Waals surface area contributed by atoms with Gasteiger partial charge in [0.05, 0.1) is 6.54 Å². The highest BCUT2D eigenvalue weighted by molar-refractivity contribution is 7.92. The van der Waals surface area contributed by atoms with Gasteiger partial charge in [-0.25, -0.2) is 13.4 Å². The van der Waals surface area contributed by atoms with Crippen LogP contribution in [0.3, 0.4) is 0 Å². The number of para-hydroxylation sites is 1. The summed E-state index contributed by atoms with van der Waals surface area (Å²) in [6.07, 6.45) is -3.10. The number of alkyl halides is 3. The van der Waals surface area contributed by atoms with Crippen molar-refractivity contribution in [3.63, 3.8) is 0 Å². The van der Waals surface area contributed by atoms with Gasteiger partial charge in [0.15, 0.2) is 15.7 Å². The van der Waals surface area contributed by atoms with Gasteiger partial charge in [0.2, 0.25) is 0 Å². The molecule has 1 aliphatic rings. The SMILES string of the molecule is CS(=O)(=O)C1(C(F)(F)F)CN(c2ccccc2)C(c2ccccn2)=N1. The average Bonchev–Trinajstić information content (AvgIpc) is 2.98. The highest BCUT2D eigenvalue weighted by Gasteiger charge is 2.66. The first kappa shape index (κ1) is 17.4. The minimum Gasteiger partial charge on any atom is -0.321 e. The number of amidine groups is 1. The summed E-state index contributed by atoms with van der Waals surface area (Å²) in [6, 6.07) is 12.9. The fraction of sp³-hybridized carbons (Fsp3) is 0.250. The Morgan fingerprint density at radius 2 is 1.72 bits per heavy atom. The van der Waals surface area contributed by atoms with Gasteiger partial charge in [0, 0.05) is 18.1 Å². The van der Waals surface area contributed by atoms with Crippen LogP contribution in [0.15, 0.2) is 59.7 Å². The van der Waals surface area contributed by atoms with Gasteiger partial charge in [-0.05, 0) is 24.3 Å². The number of hydrogen-bond donors (Lipinski definition) is 0. The number of hydrogen-bond acceptors (Lipinski definition) is 5. The smallest absolute Gasteiger partial charge is 0.321 e. The van der Waals surface area contributed by atoms with Crippen molar-refractivity contribution in [2.24, 2.45) is 4.99 Å². The fourth-order valence-electron chi connectivity index (χ4n) is 2.63. The molecule has 2 aromatic rings. The van der Waals surface area contributed by atoms with Crippen molar-refractivity contribution in [2.45, 2.75) is 11.0 Å². The standard InChI is InChI=1S/C16H14F3N3O2S/c1-25(23,24)15(16(17,18)19)11-22(12-7-3-2-4-8-12)14(21-15)13-9-5-6-10-20-13/h2-10H,11H2,1H3. The van der Waals surface area contributed by atoms with Crippen molar-refractivity contribution in [1.82, 2.24) is 4.98 Å². The lowest BCUT2D eigenvalue weighted by atomic mass is 10.2. The maximum Gasteiger partial charge on any atom is 0.429 e. The quantitative estimate of drug-likeness (QED) is 0.835. The van der Waals surface area contributed by atoms with Crippen LogP contribution < -0.4 is 4.90 Å². The van der Waals surface area contributed by atoms with Gasteiger partial charge in [-0.3, -0.25) is 4.98 Å². The normalized spacial score (nSPS) is 21.3. The van der Waals surface area contributed by atoms with Gasteiger partial charge in [0.1, 0.15) is 5.69 Å². The molecule has 9 heteroatoms. The Labute approximate surface area is 142 Å². The number of aromatic nitrogens is 1. The Kier molecular flexibility index (Phi) is 4.06. The lowest BCUT2D eigenvalue weighted by Gasteiger charge is -2.28. The molecule has 3 rings (SSSR count). The second-order valence-electron chi connectivity index (χ2n) is 5.63. The zero-order valence-corrected chi connectivity index (χ0v) is 13.9. The number of sulfone groups is 1. The minimum absolute atomic E-state index is 0.130. The van der Waals surface area contributed by atoms with E-state index in [2.05, 4.69) is 9.98 Å². The van der Waals surface area contributed by atoms with Crippen LogP contribution >= 0.6 is 0 Å². The van der Waals surface area contributed by atoms with Gasteiger partial charge in [-0.2, -0.15) is 13.2 Å². The van der Waals surface area contributed by atoms with E-state index in [1.165, 1.54) is 17.2 Å². The Hall–Kier alpha value is -2.42. The number of benzene rings is 1. The van der Waals surface area contributed by atoms with E-state index in [9.17, 15) is 21.6 Å². The summed E-state index contributed by atoms with van der Waals surface area (Å²) in [6.45, 7) is -0.856. The van der Waals surface area contributed by atoms with Crippen molar-refractivity contribution in [3.05, 3.63) is 60.4 Å². The molecule has 5 nitrogen and oxygen atoms in total. The number of rotatable bonds is 3. The molecule has 1 unspecified atom stereocenters. The lowest BCUT2D eigenvalue weighted by molar-refractivity contribution is -0.155. The third-order valence-electron chi connectivity index (χ3n) is 3.93. The van der Waals surface area contributed by atoms with E-state index in [-0.39, 0.29) is 11.5 Å². The number of halogens is 3. The highest BCUT2D eigenvalue weighted by atomic mass is 32.2. The van der Waals surface area contributed by atoms with Gasteiger partial charge in [0.25, 0.3) is 4.87 Å². The second-order valence-corrected chi connectivity index (χ2v) is 7.85. The van der Waals surface area contributed by atoms with Crippen LogP contribution in [0.5, 0.6) is 0 Å². The maximum absolute atomic E-state index is 13.8. The Bertz CT molecular complexity index is 899. The molecule has 1 aromatic carbocycles. The van der Waals surface area contributed by atoms with Crippen LogP contribution in [0.1, 0.15) is 5.69 Å². The van der Waals surface area contributed by atoms with E-state index in [0.717, 1.165) is 0 Å². The molecule has 0 aliphatic carbocycles. The van der Waals surface area contributed by atoms with Crippen LogP contribution in [-0.2, 0) is 9.84 Å². The molecule has 25 heavy (non-hydrogen) atoms. The Morgan fingerprint density at radius 3 is 2.24 bits per heavy atom. The van der Waals surface area contributed by atoms with Crippen molar-refractivity contribution in [3.8, 4) is 0 Å². The summed E-state index contributed by atoms with van der Waals surface area (Å²) < 4.78 is 65.4. The van der Waals surface area contributed by atoms with Crippen molar-refractivity contribution >= 4 is 21.4 Å². The summed E-state index contributed by atoms with van der Waals surface area (Å²) in [5, 5.41) is 0. The molecule has 0 bridgehead atoms. The first-order valence-electron chi connectivity index (χ1n) is 7.26. The number of aliphatic imine (C=N–C) groups is 1. The predicted molar refractivity (Wildman–Crippen MR) is 88.2 cm³/mol. The molecule has 2 heterocycles. The molecular formula is C16H14F3N3O2S. The summed E-state index contributed by atoms with van der Waals surface area (Å²) in [5.41, 5.74) is 0.572. The molecule has 1 atom stereocenters. The van der Waals surface area contributed by atoms with E-state index in [0.29, 0.717) is 11.9 Å². The van der Waals surface area contributed by atoms with Gasteiger partial charge >= 0.3 is 6.18 Å². The molecule has 0 fully saturated rings. The molecule has 0 saturated carbocycles. The van der Waals surface area contributed by atoms with E-state index in [1.54, 1.807) is 42.5 Å². The topological polar surface area (TPSA) is 62.6 Å². The van der Waals surface area contributed by atoms with Crippen LogP contribution in [0, 0.1) is 0 Å². The maximum atomic E-state index is 13.8. The Balaban J connectivity index is 2.24. The van der Waals surface area contributed by atoms with Crippen LogP contribution in [0.4, 0.5) is 18.9 Å². The first-order valence-corrected chi connectivity index (χ1v) is 9.15. The zero-order valence-electron chi connectivity index (χ0n) is 13.1.